The Bertz CT molecular complexity index is 1110. The van der Waals surface area contributed by atoms with Gasteiger partial charge < -0.3 is 15.0 Å². The number of nitrogens with zero attached hydrogens (tertiary/aromatic N) is 1. The highest BCUT2D eigenvalue weighted by Crippen LogP contribution is 2.20. The highest BCUT2D eigenvalue weighted by atomic mass is 16.5. The third kappa shape index (κ3) is 7.71. The number of hydrogen-bond donors (Lipinski definition) is 1. The highest BCUT2D eigenvalue weighted by molar-refractivity contribution is 5.88. The lowest BCUT2D eigenvalue weighted by Crippen LogP contribution is -2.51. The van der Waals surface area contributed by atoms with Crippen LogP contribution in [0.3, 0.4) is 0 Å². The normalized spacial score (nSPS) is 11.5. The van der Waals surface area contributed by atoms with Crippen molar-refractivity contribution in [2.45, 2.75) is 53.1 Å². The summed E-state index contributed by atoms with van der Waals surface area (Å²) in [6, 6.07) is 23.2. The molecular weight excluding hydrogens is 436 g/mol. The Morgan fingerprint density at radius 1 is 0.886 bits per heavy atom. The van der Waals surface area contributed by atoms with Crippen molar-refractivity contribution in [2.75, 3.05) is 13.2 Å². The minimum absolute atomic E-state index is 0.136. The van der Waals surface area contributed by atoms with E-state index in [4.69, 9.17) is 4.74 Å². The van der Waals surface area contributed by atoms with Gasteiger partial charge in [0.2, 0.25) is 5.91 Å². The van der Waals surface area contributed by atoms with E-state index in [1.807, 2.05) is 100 Å². The highest BCUT2D eigenvalue weighted by Gasteiger charge is 2.30. The van der Waals surface area contributed by atoms with E-state index in [2.05, 4.69) is 5.32 Å². The van der Waals surface area contributed by atoms with E-state index < -0.39 is 6.04 Å². The Kier molecular flexibility index (Phi) is 9.47. The number of carbonyl (C=O) groups is 2. The smallest absolute Gasteiger partial charge is 0.261 e. The fourth-order valence-corrected chi connectivity index (χ4v) is 3.90. The minimum Gasteiger partial charge on any atom is -0.483 e. The van der Waals surface area contributed by atoms with Gasteiger partial charge >= 0.3 is 0 Å². The van der Waals surface area contributed by atoms with E-state index in [1.54, 1.807) is 4.90 Å². The van der Waals surface area contributed by atoms with E-state index in [9.17, 15) is 9.59 Å². The van der Waals surface area contributed by atoms with Crippen LogP contribution in [0.2, 0.25) is 0 Å². The Balaban J connectivity index is 1.90. The summed E-state index contributed by atoms with van der Waals surface area (Å²) in [5.74, 6) is 0.311. The number of amides is 2. The van der Waals surface area contributed by atoms with Gasteiger partial charge in [-0.25, -0.2) is 0 Å². The molecule has 3 aromatic carbocycles. The van der Waals surface area contributed by atoms with Gasteiger partial charge in [0, 0.05) is 19.5 Å². The number of hydrogen-bond acceptors (Lipinski definition) is 3. The van der Waals surface area contributed by atoms with Gasteiger partial charge in [0.15, 0.2) is 6.61 Å². The fourth-order valence-electron chi connectivity index (χ4n) is 3.90. The van der Waals surface area contributed by atoms with Crippen molar-refractivity contribution in [3.63, 3.8) is 0 Å². The third-order valence-electron chi connectivity index (χ3n) is 5.99. The topological polar surface area (TPSA) is 58.6 Å². The molecule has 0 fully saturated rings. The second kappa shape index (κ2) is 12.7. The largest absolute Gasteiger partial charge is 0.483 e. The molecule has 0 heterocycles. The molecule has 3 aromatic rings. The first-order valence-electron chi connectivity index (χ1n) is 12.2. The molecule has 2 amide bonds. The van der Waals surface area contributed by atoms with Crippen molar-refractivity contribution >= 4 is 11.8 Å². The molecule has 5 nitrogen and oxygen atoms in total. The molecule has 0 aromatic heterocycles. The molecule has 0 unspecified atom stereocenters. The first-order chi connectivity index (χ1) is 16.9. The van der Waals surface area contributed by atoms with Gasteiger partial charge in [-0.1, -0.05) is 79.2 Å². The van der Waals surface area contributed by atoms with Gasteiger partial charge in [0.25, 0.3) is 5.91 Å². The molecule has 35 heavy (non-hydrogen) atoms. The average Bonchev–Trinajstić information content (AvgIpc) is 2.86. The van der Waals surface area contributed by atoms with Crippen molar-refractivity contribution in [2.24, 2.45) is 0 Å². The van der Waals surface area contributed by atoms with Crippen LogP contribution in [0, 0.1) is 20.8 Å². The van der Waals surface area contributed by atoms with Crippen molar-refractivity contribution in [1.29, 1.82) is 0 Å². The van der Waals surface area contributed by atoms with Crippen molar-refractivity contribution in [3.8, 4) is 5.75 Å². The maximum Gasteiger partial charge on any atom is 0.261 e. The van der Waals surface area contributed by atoms with Gasteiger partial charge in [-0.2, -0.15) is 0 Å². The predicted molar refractivity (Wildman–Crippen MR) is 140 cm³/mol. The molecule has 0 aliphatic rings. The molecule has 0 aliphatic heterocycles. The summed E-state index contributed by atoms with van der Waals surface area (Å²) < 4.78 is 5.96. The van der Waals surface area contributed by atoms with Crippen LogP contribution in [0.4, 0.5) is 0 Å². The van der Waals surface area contributed by atoms with Crippen molar-refractivity contribution in [1.82, 2.24) is 10.2 Å². The van der Waals surface area contributed by atoms with Gasteiger partial charge in [0.1, 0.15) is 11.8 Å². The van der Waals surface area contributed by atoms with Crippen LogP contribution < -0.4 is 10.1 Å². The average molecular weight is 473 g/mol. The minimum atomic E-state index is -0.653. The van der Waals surface area contributed by atoms with Crippen molar-refractivity contribution < 1.29 is 14.3 Å². The fraction of sp³-hybridized carbons (Fsp3) is 0.333. The maximum absolute atomic E-state index is 13.6. The van der Waals surface area contributed by atoms with Gasteiger partial charge in [0.05, 0.1) is 0 Å². The predicted octanol–water partition coefficient (Wildman–Crippen LogP) is 5.16. The summed E-state index contributed by atoms with van der Waals surface area (Å²) in [4.78, 5) is 28.6. The lowest BCUT2D eigenvalue weighted by molar-refractivity contribution is -0.142. The van der Waals surface area contributed by atoms with Crippen molar-refractivity contribution in [3.05, 3.63) is 101 Å². The van der Waals surface area contributed by atoms with Gasteiger partial charge in [-0.05, 0) is 55.5 Å². The summed E-state index contributed by atoms with van der Waals surface area (Å²) in [5, 5.41) is 3.00. The van der Waals surface area contributed by atoms with Gasteiger partial charge in [-0.3, -0.25) is 9.59 Å². The SMILES string of the molecule is CCCNC(=O)[C@@H](Cc1ccccc1)N(Cc1ccc(C)cc1)C(=O)COc1cc(C)ccc1C. The summed E-state index contributed by atoms with van der Waals surface area (Å²) in [5.41, 5.74) is 5.15. The summed E-state index contributed by atoms with van der Waals surface area (Å²) >= 11 is 0. The Morgan fingerprint density at radius 3 is 2.26 bits per heavy atom. The van der Waals surface area contributed by atoms with Crippen LogP contribution in [0.5, 0.6) is 5.75 Å². The first kappa shape index (κ1) is 26.0. The number of nitrogens with one attached hydrogen (secondary N) is 1. The van der Waals surface area contributed by atoms with Crippen LogP contribution in [0.15, 0.2) is 72.8 Å². The molecular formula is C30H36N2O3. The molecule has 0 saturated carbocycles. The first-order valence-corrected chi connectivity index (χ1v) is 12.2. The molecule has 5 heteroatoms. The lowest BCUT2D eigenvalue weighted by Gasteiger charge is -2.31. The molecule has 0 bridgehead atoms. The number of ether oxygens (including phenoxy) is 1. The maximum atomic E-state index is 13.6. The summed E-state index contributed by atoms with van der Waals surface area (Å²) in [6.07, 6.45) is 1.25. The van der Waals surface area contributed by atoms with Crippen LogP contribution in [-0.4, -0.2) is 35.9 Å². The van der Waals surface area contributed by atoms with Gasteiger partial charge in [-0.15, -0.1) is 0 Å². The zero-order valence-electron chi connectivity index (χ0n) is 21.2. The number of aryl methyl sites for hydroxylation is 3. The van der Waals surface area contributed by atoms with Crippen LogP contribution in [-0.2, 0) is 22.6 Å². The Hall–Kier alpha value is -3.60. The van der Waals surface area contributed by atoms with Crippen LogP contribution in [0.25, 0.3) is 0 Å². The number of rotatable bonds is 11. The molecule has 184 valence electrons. The molecule has 0 radical (unpaired) electrons. The van der Waals surface area contributed by atoms with Crippen LogP contribution >= 0.6 is 0 Å². The summed E-state index contributed by atoms with van der Waals surface area (Å²) in [7, 11) is 0. The lowest BCUT2D eigenvalue weighted by atomic mass is 10.0. The monoisotopic (exact) mass is 472 g/mol. The summed E-state index contributed by atoms with van der Waals surface area (Å²) in [6.45, 7) is 8.75. The molecule has 0 aliphatic carbocycles. The van der Waals surface area contributed by atoms with E-state index in [0.29, 0.717) is 25.3 Å². The molecule has 1 atom stereocenters. The quantitative estimate of drug-likeness (QED) is 0.420. The Morgan fingerprint density at radius 2 is 1.57 bits per heavy atom. The second-order valence-electron chi connectivity index (χ2n) is 9.06. The third-order valence-corrected chi connectivity index (χ3v) is 5.99. The molecule has 1 N–H and O–H groups in total. The number of benzene rings is 3. The van der Waals surface area contributed by atoms with Crippen LogP contribution in [0.1, 0.15) is 41.2 Å². The van der Waals surface area contributed by atoms with E-state index >= 15 is 0 Å². The van der Waals surface area contributed by atoms with E-state index in [-0.39, 0.29) is 18.4 Å². The zero-order chi connectivity index (χ0) is 25.2. The van der Waals surface area contributed by atoms with E-state index in [0.717, 1.165) is 34.2 Å². The van der Waals surface area contributed by atoms with E-state index in [1.165, 1.54) is 0 Å². The Labute approximate surface area is 209 Å². The molecule has 0 saturated heterocycles. The zero-order valence-corrected chi connectivity index (χ0v) is 21.2. The molecule has 0 spiro atoms. The second-order valence-corrected chi connectivity index (χ2v) is 9.06. The number of carbonyl (C=O) groups excluding carboxylic acids is 2. The standard InChI is InChI=1S/C30H36N2O3/c1-5-17-31-30(34)27(19-25-9-7-6-8-10-25)32(20-26-15-12-22(2)13-16-26)29(33)21-35-28-18-23(3)11-14-24(28)4/h6-16,18,27H,5,17,19-21H2,1-4H3,(H,31,34)/t27-/m1/s1. The molecule has 3 rings (SSSR count).